The quantitative estimate of drug-likeness (QED) is 0.846. The normalized spacial score (nSPS) is 10.1. The number of carbonyl (C=O) groups is 1. The number of hydrogen-bond acceptors (Lipinski definition) is 4. The molecular formula is C12H11FN4O. The standard InChI is InChI=1S/C12H11FN4O/c1-7-8(13)3-2-4-9(7)17-12(18)10-5-16-11(14)6-15-10/h2-6H,1H3,(H2,14,16)(H,17,18). The van der Waals surface area contributed by atoms with E-state index in [0.717, 1.165) is 0 Å². The molecule has 2 aromatic rings. The molecule has 0 saturated heterocycles. The molecule has 3 N–H and O–H groups in total. The molecule has 0 bridgehead atoms. The fourth-order valence-electron chi connectivity index (χ4n) is 1.38. The molecule has 0 aliphatic carbocycles. The van der Waals surface area contributed by atoms with Gasteiger partial charge >= 0.3 is 0 Å². The van der Waals surface area contributed by atoms with Gasteiger partial charge in [-0.2, -0.15) is 0 Å². The molecule has 2 rings (SSSR count). The Bertz CT molecular complexity index is 583. The van der Waals surface area contributed by atoms with Crippen molar-refractivity contribution < 1.29 is 9.18 Å². The van der Waals surface area contributed by atoms with Crippen molar-refractivity contribution in [3.8, 4) is 0 Å². The zero-order valence-corrected chi connectivity index (χ0v) is 9.64. The molecule has 1 amide bonds. The Hall–Kier alpha value is -2.50. The summed E-state index contributed by atoms with van der Waals surface area (Å²) in [5.41, 5.74) is 6.26. The third-order valence-electron chi connectivity index (χ3n) is 2.42. The first-order valence-corrected chi connectivity index (χ1v) is 5.22. The topological polar surface area (TPSA) is 80.9 Å². The van der Waals surface area contributed by atoms with Crippen molar-refractivity contribution in [2.45, 2.75) is 6.92 Å². The molecular weight excluding hydrogens is 235 g/mol. The van der Waals surface area contributed by atoms with Crippen LogP contribution in [-0.2, 0) is 0 Å². The Morgan fingerprint density at radius 1 is 1.33 bits per heavy atom. The van der Waals surface area contributed by atoms with Crippen LogP contribution in [0.1, 0.15) is 16.1 Å². The number of nitrogens with two attached hydrogens (primary N) is 1. The maximum absolute atomic E-state index is 13.3. The summed E-state index contributed by atoms with van der Waals surface area (Å²) in [6, 6.07) is 4.46. The highest BCUT2D eigenvalue weighted by Gasteiger charge is 2.10. The Labute approximate surface area is 103 Å². The van der Waals surface area contributed by atoms with Crippen LogP contribution < -0.4 is 11.1 Å². The number of nitrogens with one attached hydrogen (secondary N) is 1. The predicted molar refractivity (Wildman–Crippen MR) is 65.5 cm³/mol. The van der Waals surface area contributed by atoms with Gasteiger partial charge in [-0.3, -0.25) is 4.79 Å². The van der Waals surface area contributed by atoms with E-state index in [2.05, 4.69) is 15.3 Å². The summed E-state index contributed by atoms with van der Waals surface area (Å²) < 4.78 is 13.3. The first-order valence-electron chi connectivity index (χ1n) is 5.22. The van der Waals surface area contributed by atoms with E-state index in [9.17, 15) is 9.18 Å². The van der Waals surface area contributed by atoms with E-state index >= 15 is 0 Å². The van der Waals surface area contributed by atoms with Gasteiger partial charge in [-0.1, -0.05) is 6.07 Å². The fraction of sp³-hybridized carbons (Fsp3) is 0.0833. The SMILES string of the molecule is Cc1c(F)cccc1NC(=O)c1cnc(N)cn1. The number of nitrogen functional groups attached to an aromatic ring is 1. The molecule has 0 fully saturated rings. The first-order chi connectivity index (χ1) is 8.58. The third kappa shape index (κ3) is 2.42. The van der Waals surface area contributed by atoms with E-state index in [1.807, 2.05) is 0 Å². The lowest BCUT2D eigenvalue weighted by Crippen LogP contribution is -2.15. The van der Waals surface area contributed by atoms with Crippen molar-refractivity contribution in [1.82, 2.24) is 9.97 Å². The largest absolute Gasteiger partial charge is 0.382 e. The van der Waals surface area contributed by atoms with Crippen molar-refractivity contribution >= 4 is 17.4 Å². The highest BCUT2D eigenvalue weighted by Crippen LogP contribution is 2.17. The molecule has 5 nitrogen and oxygen atoms in total. The monoisotopic (exact) mass is 246 g/mol. The second-order valence-corrected chi connectivity index (χ2v) is 3.69. The predicted octanol–water partition coefficient (Wildman–Crippen LogP) is 1.76. The van der Waals surface area contributed by atoms with Crippen molar-refractivity contribution in [2.24, 2.45) is 0 Å². The average Bonchev–Trinajstić information content (AvgIpc) is 2.36. The van der Waals surface area contributed by atoms with Gasteiger partial charge in [0, 0.05) is 11.3 Å². The van der Waals surface area contributed by atoms with Crippen molar-refractivity contribution in [3.63, 3.8) is 0 Å². The summed E-state index contributed by atoms with van der Waals surface area (Å²) in [5, 5.41) is 2.56. The van der Waals surface area contributed by atoms with Gasteiger partial charge in [0.2, 0.25) is 0 Å². The van der Waals surface area contributed by atoms with Crippen molar-refractivity contribution in [2.75, 3.05) is 11.1 Å². The van der Waals surface area contributed by atoms with Gasteiger partial charge < -0.3 is 11.1 Å². The van der Waals surface area contributed by atoms with Crippen molar-refractivity contribution in [1.29, 1.82) is 0 Å². The lowest BCUT2D eigenvalue weighted by molar-refractivity contribution is 0.102. The summed E-state index contributed by atoms with van der Waals surface area (Å²) in [5.74, 6) is -0.610. The summed E-state index contributed by atoms with van der Waals surface area (Å²) in [6.07, 6.45) is 2.55. The maximum atomic E-state index is 13.3. The first kappa shape index (κ1) is 12.0. The van der Waals surface area contributed by atoms with Crippen LogP contribution >= 0.6 is 0 Å². The van der Waals surface area contributed by atoms with Gasteiger partial charge in [0.25, 0.3) is 5.91 Å². The number of hydrogen-bond donors (Lipinski definition) is 2. The number of amides is 1. The van der Waals surface area contributed by atoms with Crippen LogP contribution in [0.3, 0.4) is 0 Å². The second-order valence-electron chi connectivity index (χ2n) is 3.69. The molecule has 1 aromatic carbocycles. The fourth-order valence-corrected chi connectivity index (χ4v) is 1.38. The average molecular weight is 246 g/mol. The highest BCUT2D eigenvalue weighted by molar-refractivity contribution is 6.03. The van der Waals surface area contributed by atoms with E-state index in [1.165, 1.54) is 24.5 Å². The molecule has 18 heavy (non-hydrogen) atoms. The summed E-state index contributed by atoms with van der Waals surface area (Å²) in [4.78, 5) is 19.4. The van der Waals surface area contributed by atoms with E-state index in [0.29, 0.717) is 11.3 Å². The number of halogens is 1. The van der Waals surface area contributed by atoms with Crippen LogP contribution in [0.2, 0.25) is 0 Å². The number of rotatable bonds is 2. The molecule has 0 spiro atoms. The molecule has 92 valence electrons. The van der Waals surface area contributed by atoms with Crippen LogP contribution in [0.5, 0.6) is 0 Å². The highest BCUT2D eigenvalue weighted by atomic mass is 19.1. The molecule has 1 aromatic heterocycles. The van der Waals surface area contributed by atoms with Crippen LogP contribution in [0, 0.1) is 12.7 Å². The minimum Gasteiger partial charge on any atom is -0.382 e. The smallest absolute Gasteiger partial charge is 0.275 e. The van der Waals surface area contributed by atoms with Gasteiger partial charge in [0.1, 0.15) is 17.3 Å². The Balaban J connectivity index is 2.21. The second kappa shape index (κ2) is 4.79. The van der Waals surface area contributed by atoms with Crippen LogP contribution in [0.4, 0.5) is 15.9 Å². The Morgan fingerprint density at radius 2 is 2.11 bits per heavy atom. The Morgan fingerprint density at radius 3 is 2.78 bits per heavy atom. The number of anilines is 2. The molecule has 0 aliphatic heterocycles. The summed E-state index contributed by atoms with van der Waals surface area (Å²) in [6.45, 7) is 1.58. The van der Waals surface area contributed by atoms with Gasteiger partial charge in [0.05, 0.1) is 12.4 Å². The number of nitrogens with zero attached hydrogens (tertiary/aromatic N) is 2. The summed E-state index contributed by atoms with van der Waals surface area (Å²) in [7, 11) is 0. The molecule has 0 unspecified atom stereocenters. The number of carbonyl (C=O) groups excluding carboxylic acids is 1. The van der Waals surface area contributed by atoms with E-state index in [4.69, 9.17) is 5.73 Å². The lowest BCUT2D eigenvalue weighted by Gasteiger charge is -2.08. The Kier molecular flexibility index (Phi) is 3.18. The van der Waals surface area contributed by atoms with Crippen LogP contribution in [0.15, 0.2) is 30.6 Å². The van der Waals surface area contributed by atoms with Crippen LogP contribution in [0.25, 0.3) is 0 Å². The molecule has 0 atom stereocenters. The molecule has 0 radical (unpaired) electrons. The van der Waals surface area contributed by atoms with E-state index in [-0.39, 0.29) is 17.3 Å². The number of aromatic nitrogens is 2. The zero-order chi connectivity index (χ0) is 13.1. The third-order valence-corrected chi connectivity index (χ3v) is 2.42. The van der Waals surface area contributed by atoms with Gasteiger partial charge in [0.15, 0.2) is 0 Å². The van der Waals surface area contributed by atoms with Gasteiger partial charge in [-0.25, -0.2) is 14.4 Å². The minimum absolute atomic E-state index is 0.118. The minimum atomic E-state index is -0.462. The lowest BCUT2D eigenvalue weighted by atomic mass is 10.2. The summed E-state index contributed by atoms with van der Waals surface area (Å²) >= 11 is 0. The maximum Gasteiger partial charge on any atom is 0.275 e. The van der Waals surface area contributed by atoms with Gasteiger partial charge in [-0.15, -0.1) is 0 Å². The molecule has 1 heterocycles. The molecule has 0 aliphatic rings. The van der Waals surface area contributed by atoms with E-state index in [1.54, 1.807) is 13.0 Å². The molecule has 0 saturated carbocycles. The number of benzene rings is 1. The zero-order valence-electron chi connectivity index (χ0n) is 9.64. The van der Waals surface area contributed by atoms with Crippen LogP contribution in [-0.4, -0.2) is 15.9 Å². The van der Waals surface area contributed by atoms with Crippen molar-refractivity contribution in [3.05, 3.63) is 47.7 Å². The molecule has 6 heteroatoms. The van der Waals surface area contributed by atoms with Gasteiger partial charge in [-0.05, 0) is 19.1 Å². The van der Waals surface area contributed by atoms with E-state index < -0.39 is 5.91 Å².